The Labute approximate surface area is 132 Å². The summed E-state index contributed by atoms with van der Waals surface area (Å²) < 4.78 is 5.39. The van der Waals surface area contributed by atoms with Crippen LogP contribution in [-0.4, -0.2) is 42.9 Å². The number of carbonyl (C=O) groups is 1. The fourth-order valence-electron chi connectivity index (χ4n) is 2.75. The van der Waals surface area contributed by atoms with Gasteiger partial charge in [0.15, 0.2) is 0 Å². The second-order valence-corrected chi connectivity index (χ2v) is 6.82. The first kappa shape index (κ1) is 16.4. The quantitative estimate of drug-likeness (QED) is 0.780. The van der Waals surface area contributed by atoms with E-state index >= 15 is 0 Å². The number of benzene rings is 1. The highest BCUT2D eigenvalue weighted by molar-refractivity contribution is 8.00. The first-order chi connectivity index (χ1) is 10.1. The molecule has 1 aliphatic rings. The van der Waals surface area contributed by atoms with Crippen molar-refractivity contribution in [1.29, 1.82) is 0 Å². The van der Waals surface area contributed by atoms with Crippen LogP contribution in [0.5, 0.6) is 0 Å². The average Bonchev–Trinajstić information content (AvgIpc) is 2.53. The SMILES string of the molecule is COC1CCC(N(C)C(=O)CSc2ccc(C)cc2)CC1. The zero-order valence-electron chi connectivity index (χ0n) is 13.2. The van der Waals surface area contributed by atoms with Gasteiger partial charge in [0.2, 0.25) is 5.91 Å². The predicted octanol–water partition coefficient (Wildman–Crippen LogP) is 3.50. The minimum atomic E-state index is 0.224. The highest BCUT2D eigenvalue weighted by Gasteiger charge is 2.26. The van der Waals surface area contributed by atoms with Gasteiger partial charge in [0.25, 0.3) is 0 Å². The number of hydrogen-bond donors (Lipinski definition) is 0. The Hall–Kier alpha value is -1.00. The molecular formula is C17H25NO2S. The summed E-state index contributed by atoms with van der Waals surface area (Å²) in [5.74, 6) is 0.741. The van der Waals surface area contributed by atoms with Crippen molar-refractivity contribution in [3.63, 3.8) is 0 Å². The van der Waals surface area contributed by atoms with Crippen molar-refractivity contribution in [3.8, 4) is 0 Å². The molecule has 0 aliphatic heterocycles. The van der Waals surface area contributed by atoms with E-state index in [4.69, 9.17) is 4.74 Å². The van der Waals surface area contributed by atoms with E-state index in [-0.39, 0.29) is 5.91 Å². The zero-order chi connectivity index (χ0) is 15.2. The van der Waals surface area contributed by atoms with Crippen LogP contribution in [0, 0.1) is 6.92 Å². The summed E-state index contributed by atoms with van der Waals surface area (Å²) in [6, 6.07) is 8.71. The summed E-state index contributed by atoms with van der Waals surface area (Å²) in [4.78, 5) is 15.4. The van der Waals surface area contributed by atoms with Crippen molar-refractivity contribution in [1.82, 2.24) is 4.90 Å². The number of amides is 1. The van der Waals surface area contributed by atoms with Gasteiger partial charge in [0.1, 0.15) is 0 Å². The van der Waals surface area contributed by atoms with Gasteiger partial charge in [0, 0.05) is 25.1 Å². The Morgan fingerprint density at radius 1 is 1.24 bits per heavy atom. The standard InChI is InChI=1S/C17H25NO2S/c1-13-4-10-16(11-5-13)21-12-17(19)18(2)14-6-8-15(20-3)9-7-14/h4-5,10-11,14-15H,6-9,12H2,1-3H3. The maximum atomic E-state index is 12.3. The average molecular weight is 307 g/mol. The van der Waals surface area contributed by atoms with Crippen molar-refractivity contribution in [2.75, 3.05) is 19.9 Å². The van der Waals surface area contributed by atoms with E-state index in [9.17, 15) is 4.79 Å². The van der Waals surface area contributed by atoms with Crippen LogP contribution in [0.4, 0.5) is 0 Å². The highest BCUT2D eigenvalue weighted by Crippen LogP contribution is 2.25. The van der Waals surface area contributed by atoms with Gasteiger partial charge in [-0.1, -0.05) is 17.7 Å². The second kappa shape index (κ2) is 7.85. The van der Waals surface area contributed by atoms with Crippen LogP contribution < -0.4 is 0 Å². The highest BCUT2D eigenvalue weighted by atomic mass is 32.2. The second-order valence-electron chi connectivity index (χ2n) is 5.77. The first-order valence-electron chi connectivity index (χ1n) is 7.58. The lowest BCUT2D eigenvalue weighted by Crippen LogP contribution is -2.41. The molecule has 0 N–H and O–H groups in total. The van der Waals surface area contributed by atoms with Gasteiger partial charge in [-0.2, -0.15) is 0 Å². The number of ether oxygens (including phenoxy) is 1. The van der Waals surface area contributed by atoms with Crippen LogP contribution in [0.1, 0.15) is 31.2 Å². The topological polar surface area (TPSA) is 29.5 Å². The van der Waals surface area contributed by atoms with E-state index in [0.29, 0.717) is 17.9 Å². The molecule has 1 aromatic carbocycles. The summed E-state index contributed by atoms with van der Waals surface area (Å²) in [6.45, 7) is 2.07. The van der Waals surface area contributed by atoms with E-state index in [1.807, 2.05) is 11.9 Å². The molecule has 1 aliphatic carbocycles. The minimum absolute atomic E-state index is 0.224. The number of nitrogens with zero attached hydrogens (tertiary/aromatic N) is 1. The molecule has 1 amide bonds. The molecule has 0 spiro atoms. The van der Waals surface area contributed by atoms with Crippen molar-refractivity contribution >= 4 is 17.7 Å². The van der Waals surface area contributed by atoms with Crippen LogP contribution in [0.25, 0.3) is 0 Å². The number of hydrogen-bond acceptors (Lipinski definition) is 3. The Morgan fingerprint density at radius 2 is 1.86 bits per heavy atom. The van der Waals surface area contributed by atoms with Gasteiger partial charge in [-0.05, 0) is 44.7 Å². The fraction of sp³-hybridized carbons (Fsp3) is 0.588. The van der Waals surface area contributed by atoms with E-state index in [2.05, 4.69) is 31.2 Å². The molecule has 0 aromatic heterocycles. The normalized spacial score (nSPS) is 22.0. The lowest BCUT2D eigenvalue weighted by Gasteiger charge is -2.34. The number of methoxy groups -OCH3 is 1. The Balaban J connectivity index is 1.78. The summed E-state index contributed by atoms with van der Waals surface area (Å²) >= 11 is 1.62. The molecule has 0 saturated heterocycles. The minimum Gasteiger partial charge on any atom is -0.381 e. The Morgan fingerprint density at radius 3 is 2.43 bits per heavy atom. The van der Waals surface area contributed by atoms with Gasteiger partial charge < -0.3 is 9.64 Å². The van der Waals surface area contributed by atoms with Gasteiger partial charge in [-0.15, -0.1) is 11.8 Å². The molecule has 4 heteroatoms. The lowest BCUT2D eigenvalue weighted by atomic mass is 9.92. The first-order valence-corrected chi connectivity index (χ1v) is 8.56. The maximum absolute atomic E-state index is 12.3. The van der Waals surface area contributed by atoms with E-state index < -0.39 is 0 Å². The number of carbonyl (C=O) groups excluding carboxylic acids is 1. The zero-order valence-corrected chi connectivity index (χ0v) is 14.0. The molecule has 1 aromatic rings. The van der Waals surface area contributed by atoms with Crippen molar-refractivity contribution in [2.24, 2.45) is 0 Å². The molecule has 3 nitrogen and oxygen atoms in total. The molecule has 0 atom stereocenters. The number of aryl methyl sites for hydroxylation is 1. The molecule has 1 saturated carbocycles. The van der Waals surface area contributed by atoms with Crippen LogP contribution in [0.3, 0.4) is 0 Å². The third kappa shape index (κ3) is 4.75. The molecule has 0 unspecified atom stereocenters. The number of thioether (sulfide) groups is 1. The van der Waals surface area contributed by atoms with Crippen molar-refractivity contribution in [2.45, 2.75) is 49.6 Å². The summed E-state index contributed by atoms with van der Waals surface area (Å²) in [5.41, 5.74) is 1.25. The smallest absolute Gasteiger partial charge is 0.232 e. The largest absolute Gasteiger partial charge is 0.381 e. The monoisotopic (exact) mass is 307 g/mol. The van der Waals surface area contributed by atoms with E-state index in [0.717, 1.165) is 30.6 Å². The molecule has 116 valence electrons. The van der Waals surface area contributed by atoms with Gasteiger partial charge in [-0.25, -0.2) is 0 Å². The Kier molecular flexibility index (Phi) is 6.12. The summed E-state index contributed by atoms with van der Waals surface area (Å²) in [7, 11) is 3.72. The molecule has 0 bridgehead atoms. The summed E-state index contributed by atoms with van der Waals surface area (Å²) in [6.07, 6.45) is 4.60. The van der Waals surface area contributed by atoms with E-state index in [1.54, 1.807) is 18.9 Å². The molecular weight excluding hydrogens is 282 g/mol. The molecule has 2 rings (SSSR count). The van der Waals surface area contributed by atoms with E-state index in [1.165, 1.54) is 5.56 Å². The van der Waals surface area contributed by atoms with Gasteiger partial charge in [0.05, 0.1) is 11.9 Å². The fourth-order valence-corrected chi connectivity index (χ4v) is 3.58. The Bertz CT molecular complexity index is 452. The third-order valence-corrected chi connectivity index (χ3v) is 5.30. The van der Waals surface area contributed by atoms with Crippen LogP contribution in [-0.2, 0) is 9.53 Å². The lowest BCUT2D eigenvalue weighted by molar-refractivity contribution is -0.130. The summed E-state index contributed by atoms with van der Waals surface area (Å²) in [5, 5.41) is 0. The third-order valence-electron chi connectivity index (χ3n) is 4.30. The number of rotatable bonds is 5. The molecule has 0 heterocycles. The van der Waals surface area contributed by atoms with Crippen LogP contribution in [0.15, 0.2) is 29.2 Å². The maximum Gasteiger partial charge on any atom is 0.232 e. The molecule has 1 fully saturated rings. The molecule has 0 radical (unpaired) electrons. The van der Waals surface area contributed by atoms with Crippen LogP contribution in [0.2, 0.25) is 0 Å². The molecule has 21 heavy (non-hydrogen) atoms. The predicted molar refractivity (Wildman–Crippen MR) is 87.7 cm³/mol. The van der Waals surface area contributed by atoms with Gasteiger partial charge >= 0.3 is 0 Å². The van der Waals surface area contributed by atoms with Gasteiger partial charge in [-0.3, -0.25) is 4.79 Å². The van der Waals surface area contributed by atoms with Crippen molar-refractivity contribution < 1.29 is 9.53 Å². The van der Waals surface area contributed by atoms with Crippen molar-refractivity contribution in [3.05, 3.63) is 29.8 Å². The van der Waals surface area contributed by atoms with Crippen LogP contribution >= 0.6 is 11.8 Å².